The van der Waals surface area contributed by atoms with E-state index in [9.17, 15) is 26.4 Å². The first-order valence-corrected chi connectivity index (χ1v) is 10.6. The van der Waals surface area contributed by atoms with Crippen molar-refractivity contribution >= 4 is 49.8 Å². The molecule has 0 bridgehead atoms. The average Bonchev–Trinajstić information content (AvgIpc) is 3.11. The van der Waals surface area contributed by atoms with Crippen molar-refractivity contribution in [1.82, 2.24) is 0 Å². The maximum absolute atomic E-state index is 12.6. The Balaban J connectivity index is 1.70. The van der Waals surface area contributed by atoms with Crippen LogP contribution in [-0.2, 0) is 14.6 Å². The van der Waals surface area contributed by atoms with Crippen molar-refractivity contribution < 1.29 is 26.4 Å². The van der Waals surface area contributed by atoms with Crippen LogP contribution in [0.5, 0.6) is 0 Å². The van der Waals surface area contributed by atoms with E-state index in [-0.39, 0.29) is 5.69 Å². The van der Waals surface area contributed by atoms with Crippen molar-refractivity contribution in [3.05, 3.63) is 59.1 Å². The van der Waals surface area contributed by atoms with Crippen LogP contribution < -0.4 is 5.32 Å². The summed E-state index contributed by atoms with van der Waals surface area (Å²) in [4.78, 5) is 15.8. The predicted octanol–water partition coefficient (Wildman–Crippen LogP) is 4.13. The summed E-state index contributed by atoms with van der Waals surface area (Å²) >= 11 is 7.33. The fourth-order valence-corrected chi connectivity index (χ4v) is 4.35. The average molecular weight is 449 g/mol. The van der Waals surface area contributed by atoms with E-state index in [0.717, 1.165) is 29.8 Å². The number of sulfone groups is 1. The molecule has 0 fully saturated rings. The number of nitrogens with one attached hydrogen (secondary N) is 1. The van der Waals surface area contributed by atoms with Crippen LogP contribution in [0.3, 0.4) is 0 Å². The Morgan fingerprint density at radius 2 is 1.86 bits per heavy atom. The molecule has 0 radical (unpaired) electrons. The van der Waals surface area contributed by atoms with Crippen LogP contribution in [-0.4, -0.2) is 36.7 Å². The second-order valence-electron chi connectivity index (χ2n) is 5.73. The van der Waals surface area contributed by atoms with Gasteiger partial charge in [-0.2, -0.15) is 13.2 Å². The molecule has 148 valence electrons. The summed E-state index contributed by atoms with van der Waals surface area (Å²) in [7, 11) is -5.43. The number of hydrogen-bond acceptors (Lipinski definition) is 5. The summed E-state index contributed by atoms with van der Waals surface area (Å²) < 4.78 is 60.4. The Kier molecular flexibility index (Phi) is 5.74. The maximum atomic E-state index is 12.6. The van der Waals surface area contributed by atoms with Gasteiger partial charge in [0.15, 0.2) is 0 Å². The van der Waals surface area contributed by atoms with Gasteiger partial charge in [-0.25, -0.2) is 8.42 Å². The van der Waals surface area contributed by atoms with Gasteiger partial charge in [0.2, 0.25) is 5.91 Å². The summed E-state index contributed by atoms with van der Waals surface area (Å²) in [6, 6.07) is 10.1. The van der Waals surface area contributed by atoms with Gasteiger partial charge in [0.05, 0.1) is 9.94 Å². The van der Waals surface area contributed by atoms with E-state index >= 15 is 0 Å². The van der Waals surface area contributed by atoms with Crippen LogP contribution >= 0.6 is 23.4 Å². The van der Waals surface area contributed by atoms with Crippen molar-refractivity contribution in [2.45, 2.75) is 16.4 Å². The van der Waals surface area contributed by atoms with E-state index < -0.39 is 32.2 Å². The number of thioether (sulfide) groups is 1. The fourth-order valence-electron chi connectivity index (χ4n) is 2.36. The molecule has 1 amide bonds. The quantitative estimate of drug-likeness (QED) is 0.763. The maximum Gasteiger partial charge on any atom is 0.501 e. The normalized spacial score (nSPS) is 17.3. The number of aliphatic imine (C=N–C) groups is 1. The summed E-state index contributed by atoms with van der Waals surface area (Å²) in [5.41, 5.74) is -4.43. The number of anilines is 1. The molecule has 1 aliphatic heterocycles. The zero-order valence-electron chi connectivity index (χ0n) is 13.9. The standard InChI is InChI=1S/C17H12ClF3N2O3S2/c18-11-3-1-2-10(8-11)16-23-14(9-27-16)15(24)22-12-4-6-13(7-5-12)28(25,26)17(19,20)21/h1-8,14H,9H2,(H,22,24). The molecule has 1 N–H and O–H groups in total. The third-order valence-corrected chi connectivity index (χ3v) is 6.60. The lowest BCUT2D eigenvalue weighted by Crippen LogP contribution is -2.26. The minimum Gasteiger partial charge on any atom is -0.324 e. The van der Waals surface area contributed by atoms with Crippen LogP contribution in [0.15, 0.2) is 58.4 Å². The molecule has 1 aliphatic rings. The highest BCUT2D eigenvalue weighted by molar-refractivity contribution is 8.14. The molecule has 5 nitrogen and oxygen atoms in total. The van der Waals surface area contributed by atoms with Gasteiger partial charge in [-0.3, -0.25) is 9.79 Å². The van der Waals surface area contributed by atoms with E-state index in [0.29, 0.717) is 15.8 Å². The first-order valence-electron chi connectivity index (χ1n) is 7.77. The first kappa shape index (κ1) is 20.7. The van der Waals surface area contributed by atoms with Gasteiger partial charge in [-0.1, -0.05) is 23.7 Å². The van der Waals surface area contributed by atoms with E-state index in [1.165, 1.54) is 11.8 Å². The number of nitrogens with zero attached hydrogens (tertiary/aromatic N) is 1. The Bertz CT molecular complexity index is 1040. The van der Waals surface area contributed by atoms with Crippen molar-refractivity contribution in [3.63, 3.8) is 0 Å². The fraction of sp³-hybridized carbons (Fsp3) is 0.176. The lowest BCUT2D eigenvalue weighted by molar-refractivity contribution is -0.116. The molecule has 0 aliphatic carbocycles. The highest BCUT2D eigenvalue weighted by atomic mass is 35.5. The Labute approximate surface area is 167 Å². The number of alkyl halides is 3. The minimum absolute atomic E-state index is 0.169. The van der Waals surface area contributed by atoms with E-state index in [1.807, 2.05) is 6.07 Å². The number of benzene rings is 2. The molecule has 11 heteroatoms. The predicted molar refractivity (Wildman–Crippen MR) is 103 cm³/mol. The van der Waals surface area contributed by atoms with Gasteiger partial charge in [0.1, 0.15) is 6.04 Å². The zero-order chi connectivity index (χ0) is 20.5. The monoisotopic (exact) mass is 448 g/mol. The van der Waals surface area contributed by atoms with Gasteiger partial charge >= 0.3 is 5.51 Å². The second kappa shape index (κ2) is 7.76. The highest BCUT2D eigenvalue weighted by Gasteiger charge is 2.46. The molecule has 1 atom stereocenters. The molecule has 2 aromatic rings. The largest absolute Gasteiger partial charge is 0.501 e. The molecule has 28 heavy (non-hydrogen) atoms. The number of carbonyl (C=O) groups is 1. The molecule has 0 spiro atoms. The molecule has 0 aromatic heterocycles. The summed E-state index contributed by atoms with van der Waals surface area (Å²) in [5, 5.41) is 3.73. The third-order valence-electron chi connectivity index (χ3n) is 3.76. The molecular weight excluding hydrogens is 437 g/mol. The van der Waals surface area contributed by atoms with Gasteiger partial charge in [0, 0.05) is 22.0 Å². The van der Waals surface area contributed by atoms with Crippen molar-refractivity contribution in [2.24, 2.45) is 4.99 Å². The van der Waals surface area contributed by atoms with Gasteiger partial charge in [0.25, 0.3) is 9.84 Å². The lowest BCUT2D eigenvalue weighted by Gasteiger charge is -2.10. The number of amides is 1. The minimum atomic E-state index is -5.43. The molecule has 0 saturated carbocycles. The first-order chi connectivity index (χ1) is 13.1. The van der Waals surface area contributed by atoms with Crippen molar-refractivity contribution in [1.29, 1.82) is 0 Å². The number of rotatable bonds is 4. The lowest BCUT2D eigenvalue weighted by atomic mass is 10.2. The second-order valence-corrected chi connectivity index (χ2v) is 9.12. The van der Waals surface area contributed by atoms with Crippen LogP contribution in [0, 0.1) is 0 Å². The van der Waals surface area contributed by atoms with Crippen molar-refractivity contribution in [3.8, 4) is 0 Å². The smallest absolute Gasteiger partial charge is 0.324 e. The van der Waals surface area contributed by atoms with Crippen LogP contribution in [0.4, 0.5) is 18.9 Å². The summed E-state index contributed by atoms with van der Waals surface area (Å²) in [5.74, 6) is -0.0511. The third kappa shape index (κ3) is 4.34. The van der Waals surface area contributed by atoms with Gasteiger partial charge in [-0.05, 0) is 36.4 Å². The molecular formula is C17H12ClF3N2O3S2. The van der Waals surface area contributed by atoms with Crippen molar-refractivity contribution in [2.75, 3.05) is 11.1 Å². The zero-order valence-corrected chi connectivity index (χ0v) is 16.3. The molecule has 3 rings (SSSR count). The van der Waals surface area contributed by atoms with E-state index in [2.05, 4.69) is 10.3 Å². The molecule has 1 unspecified atom stereocenters. The molecule has 1 heterocycles. The SMILES string of the molecule is O=C(Nc1ccc(S(=O)(=O)C(F)(F)F)cc1)C1CSC(c2cccc(Cl)c2)=N1. The topological polar surface area (TPSA) is 75.6 Å². The Morgan fingerprint density at radius 1 is 1.18 bits per heavy atom. The van der Waals surface area contributed by atoms with Gasteiger partial charge in [-0.15, -0.1) is 11.8 Å². The molecule has 0 saturated heterocycles. The summed E-state index contributed by atoms with van der Waals surface area (Å²) in [6.07, 6.45) is 0. The Hall–Kier alpha value is -2.04. The van der Waals surface area contributed by atoms with Crippen LogP contribution in [0.1, 0.15) is 5.56 Å². The number of halogens is 4. The van der Waals surface area contributed by atoms with Crippen LogP contribution in [0.25, 0.3) is 0 Å². The number of carbonyl (C=O) groups excluding carboxylic acids is 1. The van der Waals surface area contributed by atoms with E-state index in [4.69, 9.17) is 11.6 Å². The summed E-state index contributed by atoms with van der Waals surface area (Å²) in [6.45, 7) is 0. The Morgan fingerprint density at radius 3 is 2.46 bits per heavy atom. The van der Waals surface area contributed by atoms with E-state index in [1.54, 1.807) is 18.2 Å². The molecule has 2 aromatic carbocycles. The van der Waals surface area contributed by atoms with Crippen LogP contribution in [0.2, 0.25) is 5.02 Å². The highest BCUT2D eigenvalue weighted by Crippen LogP contribution is 2.31. The number of hydrogen-bond donors (Lipinski definition) is 1. The van der Waals surface area contributed by atoms with Gasteiger partial charge < -0.3 is 5.32 Å².